The Morgan fingerprint density at radius 2 is 1.81 bits per heavy atom. The lowest BCUT2D eigenvalue weighted by Crippen LogP contribution is -2.21. The molecule has 7 heteroatoms. The Kier molecular flexibility index (Phi) is 4.79. The molecule has 0 unspecified atom stereocenters. The minimum atomic E-state index is -0.883. The molecule has 0 amide bonds. The summed E-state index contributed by atoms with van der Waals surface area (Å²) in [6.07, 6.45) is 3.59. The Morgan fingerprint density at radius 1 is 1.08 bits per heavy atom. The number of hydrogen-bond donors (Lipinski definition) is 0. The zero-order valence-electron chi connectivity index (χ0n) is 14.4. The van der Waals surface area contributed by atoms with Crippen LogP contribution in [0.2, 0.25) is 0 Å². The predicted molar refractivity (Wildman–Crippen MR) is 92.1 cm³/mol. The minimum absolute atomic E-state index is 0.0722. The van der Waals surface area contributed by atoms with Crippen LogP contribution in [-0.4, -0.2) is 19.9 Å². The maximum atomic E-state index is 13.3. The zero-order chi connectivity index (χ0) is 18.8. The lowest BCUT2D eigenvalue weighted by molar-refractivity contribution is 0.0984. The topological polar surface area (TPSA) is 56.9 Å². The molecule has 0 spiro atoms. The summed E-state index contributed by atoms with van der Waals surface area (Å²) in [7, 11) is 3.14. The molecule has 1 aromatic carbocycles. The first kappa shape index (κ1) is 17.7. The Labute approximate surface area is 148 Å². The monoisotopic (exact) mass is 357 g/mol. The molecule has 0 saturated carbocycles. The average Bonchev–Trinajstić information content (AvgIpc) is 2.87. The number of pyridine rings is 1. The van der Waals surface area contributed by atoms with Gasteiger partial charge in [0.1, 0.15) is 5.69 Å². The number of Topliss-reactive ketones (excluding diaryl/α,β-unsaturated/α-hetero) is 1. The number of aromatic nitrogens is 3. The Balaban J connectivity index is 1.71. The van der Waals surface area contributed by atoms with Crippen LogP contribution in [0.3, 0.4) is 0 Å². The molecular formula is C19H17F2N3O2. The van der Waals surface area contributed by atoms with E-state index in [9.17, 15) is 18.4 Å². The molecule has 26 heavy (non-hydrogen) atoms. The van der Waals surface area contributed by atoms with Crippen LogP contribution in [0.25, 0.3) is 0 Å². The largest absolute Gasteiger partial charge is 0.328 e. The summed E-state index contributed by atoms with van der Waals surface area (Å²) in [4.78, 5) is 28.3. The first-order valence-corrected chi connectivity index (χ1v) is 7.98. The average molecular weight is 357 g/mol. The molecule has 3 rings (SSSR count). The lowest BCUT2D eigenvalue weighted by atomic mass is 10.1. The molecule has 0 aliphatic carbocycles. The van der Waals surface area contributed by atoms with Crippen LogP contribution in [0.1, 0.15) is 27.3 Å². The first-order valence-electron chi connectivity index (χ1n) is 7.98. The third-order valence-corrected chi connectivity index (χ3v) is 4.17. The molecule has 0 fully saturated rings. The fraction of sp³-hybridized carbons (Fsp3) is 0.211. The maximum absolute atomic E-state index is 13.3. The predicted octanol–water partition coefficient (Wildman–Crippen LogP) is 2.41. The van der Waals surface area contributed by atoms with Gasteiger partial charge < -0.3 is 4.57 Å². The highest BCUT2D eigenvalue weighted by Crippen LogP contribution is 2.14. The third kappa shape index (κ3) is 3.61. The molecule has 0 aliphatic heterocycles. The summed E-state index contributed by atoms with van der Waals surface area (Å²) in [6, 6.07) is 7.28. The second-order valence-electron chi connectivity index (χ2n) is 6.15. The van der Waals surface area contributed by atoms with Gasteiger partial charge >= 0.3 is 5.69 Å². The van der Waals surface area contributed by atoms with Gasteiger partial charge in [0.25, 0.3) is 0 Å². The number of hydrogen-bond acceptors (Lipinski definition) is 3. The number of carbonyl (C=O) groups is 1. The van der Waals surface area contributed by atoms with Crippen molar-refractivity contribution in [3.8, 4) is 0 Å². The van der Waals surface area contributed by atoms with Crippen LogP contribution in [0, 0.1) is 11.6 Å². The number of benzene rings is 1. The highest BCUT2D eigenvalue weighted by Gasteiger charge is 2.15. The van der Waals surface area contributed by atoms with E-state index in [2.05, 4.69) is 4.98 Å². The smallest absolute Gasteiger partial charge is 0.302 e. The van der Waals surface area contributed by atoms with E-state index in [4.69, 9.17) is 0 Å². The van der Waals surface area contributed by atoms with Crippen molar-refractivity contribution in [3.05, 3.63) is 87.4 Å². The van der Waals surface area contributed by atoms with E-state index >= 15 is 0 Å². The van der Waals surface area contributed by atoms with Gasteiger partial charge in [-0.15, -0.1) is 0 Å². The maximum Gasteiger partial charge on any atom is 0.328 e. The molecule has 5 nitrogen and oxygen atoms in total. The van der Waals surface area contributed by atoms with E-state index < -0.39 is 11.6 Å². The summed E-state index contributed by atoms with van der Waals surface area (Å²) in [5.74, 6) is -1.96. The molecule has 0 radical (unpaired) electrons. The van der Waals surface area contributed by atoms with Gasteiger partial charge in [-0.05, 0) is 35.7 Å². The molecule has 0 aliphatic rings. The van der Waals surface area contributed by atoms with Gasteiger partial charge in [-0.3, -0.25) is 14.3 Å². The summed E-state index contributed by atoms with van der Waals surface area (Å²) in [6.45, 7) is 0. The fourth-order valence-electron chi connectivity index (χ4n) is 2.73. The van der Waals surface area contributed by atoms with Crippen LogP contribution in [0.4, 0.5) is 8.78 Å². The van der Waals surface area contributed by atoms with Crippen LogP contribution in [0.15, 0.2) is 47.5 Å². The Hall–Kier alpha value is -3.09. The van der Waals surface area contributed by atoms with Gasteiger partial charge in [-0.25, -0.2) is 13.6 Å². The van der Waals surface area contributed by atoms with Crippen molar-refractivity contribution >= 4 is 5.78 Å². The zero-order valence-corrected chi connectivity index (χ0v) is 14.4. The molecule has 134 valence electrons. The van der Waals surface area contributed by atoms with Gasteiger partial charge in [-0.2, -0.15) is 0 Å². The number of rotatable bonds is 5. The van der Waals surface area contributed by atoms with Crippen molar-refractivity contribution in [2.75, 3.05) is 0 Å². The molecular weight excluding hydrogens is 340 g/mol. The minimum Gasteiger partial charge on any atom is -0.302 e. The van der Waals surface area contributed by atoms with E-state index in [1.165, 1.54) is 21.4 Å². The van der Waals surface area contributed by atoms with Crippen molar-refractivity contribution < 1.29 is 13.6 Å². The molecule has 2 aromatic heterocycles. The molecule has 0 bridgehead atoms. The number of imidazole rings is 1. The highest BCUT2D eigenvalue weighted by atomic mass is 19.2. The van der Waals surface area contributed by atoms with Crippen LogP contribution in [0.5, 0.6) is 0 Å². The second-order valence-corrected chi connectivity index (χ2v) is 6.15. The van der Waals surface area contributed by atoms with Crippen molar-refractivity contribution in [1.82, 2.24) is 14.1 Å². The SMILES string of the molecule is Cn1cc(C(=O)Cc2ccc(Cc3ccc(F)c(F)c3)cn2)n(C)c1=O. The van der Waals surface area contributed by atoms with Crippen LogP contribution < -0.4 is 5.69 Å². The Bertz CT molecular complexity index is 1020. The van der Waals surface area contributed by atoms with Crippen LogP contribution >= 0.6 is 0 Å². The highest BCUT2D eigenvalue weighted by molar-refractivity contribution is 5.95. The summed E-state index contributed by atoms with van der Waals surface area (Å²) >= 11 is 0. The summed E-state index contributed by atoms with van der Waals surface area (Å²) in [5, 5.41) is 0. The van der Waals surface area contributed by atoms with Crippen molar-refractivity contribution in [2.24, 2.45) is 14.1 Å². The molecule has 0 N–H and O–H groups in total. The van der Waals surface area contributed by atoms with Gasteiger partial charge in [0.15, 0.2) is 17.4 Å². The number of ketones is 1. The number of halogens is 2. The van der Waals surface area contributed by atoms with Crippen molar-refractivity contribution in [1.29, 1.82) is 0 Å². The van der Waals surface area contributed by atoms with E-state index in [0.29, 0.717) is 23.4 Å². The molecule has 0 atom stereocenters. The van der Waals surface area contributed by atoms with Gasteiger partial charge in [0.05, 0.1) is 6.42 Å². The summed E-state index contributed by atoms with van der Waals surface area (Å²) in [5.41, 5.74) is 2.09. The van der Waals surface area contributed by atoms with Crippen LogP contribution in [-0.2, 0) is 26.9 Å². The van der Waals surface area contributed by atoms with E-state index in [-0.39, 0.29) is 17.9 Å². The normalized spacial score (nSPS) is 10.9. The number of aryl methyl sites for hydroxylation is 1. The van der Waals surface area contributed by atoms with Gasteiger partial charge in [0.2, 0.25) is 0 Å². The Morgan fingerprint density at radius 3 is 2.38 bits per heavy atom. The quantitative estimate of drug-likeness (QED) is 0.659. The van der Waals surface area contributed by atoms with Crippen molar-refractivity contribution in [3.63, 3.8) is 0 Å². The van der Waals surface area contributed by atoms with Gasteiger partial charge in [0, 0.05) is 32.2 Å². The number of carbonyl (C=O) groups excluding carboxylic acids is 1. The van der Waals surface area contributed by atoms with E-state index in [0.717, 1.165) is 17.7 Å². The van der Waals surface area contributed by atoms with E-state index in [1.54, 1.807) is 32.4 Å². The molecule has 3 aromatic rings. The third-order valence-electron chi connectivity index (χ3n) is 4.17. The van der Waals surface area contributed by atoms with E-state index in [1.807, 2.05) is 0 Å². The first-order chi connectivity index (χ1) is 12.3. The van der Waals surface area contributed by atoms with Crippen molar-refractivity contribution in [2.45, 2.75) is 12.8 Å². The number of nitrogens with zero attached hydrogens (tertiary/aromatic N) is 3. The lowest BCUT2D eigenvalue weighted by Gasteiger charge is -2.05. The second kappa shape index (κ2) is 7.03. The standard InChI is InChI=1S/C19H17F2N3O2/c1-23-11-17(24(2)19(23)26)18(25)9-14-5-3-13(10-22-14)7-12-4-6-15(20)16(21)8-12/h3-6,8,10-11H,7,9H2,1-2H3. The van der Waals surface area contributed by atoms with Gasteiger partial charge in [-0.1, -0.05) is 12.1 Å². The summed E-state index contributed by atoms with van der Waals surface area (Å²) < 4.78 is 28.9. The fourth-order valence-corrected chi connectivity index (χ4v) is 2.73. The molecule has 2 heterocycles. The molecule has 0 saturated heterocycles.